The standard InChI is InChI=1S/C30H28FN5O3S/c1-18-15-21(19(2)36(18)20-10-11-25-26(16-20)39-17-38-25)29-28(24-9-5-6-13-32-24)34-30(40)35(29)14-12-27(37)33-23-8-4-3-7-22(23)31/h3-11,13,15-16,28-29H,12,14,17H2,1-2H3,(H,33,37)(H,34,40)/t28-,29-/m0/s1. The molecule has 10 heteroatoms. The van der Waals surface area contributed by atoms with Gasteiger partial charge in [-0.2, -0.15) is 0 Å². The first kappa shape index (κ1) is 25.8. The monoisotopic (exact) mass is 557 g/mol. The lowest BCUT2D eigenvalue weighted by atomic mass is 9.96. The molecule has 1 fully saturated rings. The molecular weight excluding hydrogens is 529 g/mol. The van der Waals surface area contributed by atoms with Crippen molar-refractivity contribution in [2.75, 3.05) is 18.7 Å². The molecule has 0 saturated carbocycles. The zero-order valence-electron chi connectivity index (χ0n) is 22.1. The zero-order valence-corrected chi connectivity index (χ0v) is 22.9. The molecule has 0 unspecified atom stereocenters. The number of fused-ring (bicyclic) bond motifs is 1. The fourth-order valence-electron chi connectivity index (χ4n) is 5.49. The number of anilines is 1. The number of carbonyl (C=O) groups excluding carboxylic acids is 1. The number of hydrogen-bond donors (Lipinski definition) is 2. The molecule has 0 bridgehead atoms. The SMILES string of the molecule is Cc1cc([C@H]2[C@H](c3ccccn3)NC(=S)N2CCC(=O)Nc2ccccc2F)c(C)n1-c1ccc2c(c1)OCO2. The van der Waals surface area contributed by atoms with Crippen LogP contribution in [0.15, 0.2) is 72.9 Å². The van der Waals surface area contributed by atoms with Gasteiger partial charge in [0, 0.05) is 42.3 Å². The summed E-state index contributed by atoms with van der Waals surface area (Å²) in [4.78, 5) is 19.5. The summed E-state index contributed by atoms with van der Waals surface area (Å²) in [6.07, 6.45) is 1.89. The minimum absolute atomic E-state index is 0.127. The van der Waals surface area contributed by atoms with Crippen molar-refractivity contribution in [3.8, 4) is 17.2 Å². The molecule has 1 saturated heterocycles. The van der Waals surface area contributed by atoms with Gasteiger partial charge in [0.05, 0.1) is 23.5 Å². The van der Waals surface area contributed by atoms with E-state index in [2.05, 4.69) is 40.1 Å². The summed E-state index contributed by atoms with van der Waals surface area (Å²) >= 11 is 5.79. The second-order valence-electron chi connectivity index (χ2n) is 9.80. The molecular formula is C30H28FN5O3S. The normalized spacial score (nSPS) is 17.7. The molecule has 2 aromatic heterocycles. The van der Waals surface area contributed by atoms with Crippen LogP contribution in [0.4, 0.5) is 10.1 Å². The fourth-order valence-corrected chi connectivity index (χ4v) is 5.82. The minimum Gasteiger partial charge on any atom is -0.454 e. The first-order chi connectivity index (χ1) is 19.4. The summed E-state index contributed by atoms with van der Waals surface area (Å²) in [5.41, 5.74) is 5.11. The van der Waals surface area contributed by atoms with E-state index in [0.717, 1.165) is 34.1 Å². The summed E-state index contributed by atoms with van der Waals surface area (Å²) in [6.45, 7) is 4.69. The van der Waals surface area contributed by atoms with Gasteiger partial charge in [-0.1, -0.05) is 18.2 Å². The van der Waals surface area contributed by atoms with E-state index in [9.17, 15) is 9.18 Å². The van der Waals surface area contributed by atoms with Crippen LogP contribution in [0.2, 0.25) is 0 Å². The lowest BCUT2D eigenvalue weighted by Gasteiger charge is -2.28. The third kappa shape index (κ3) is 4.75. The Balaban J connectivity index is 1.33. The van der Waals surface area contributed by atoms with Gasteiger partial charge in [-0.3, -0.25) is 9.78 Å². The lowest BCUT2D eigenvalue weighted by Crippen LogP contribution is -2.33. The molecule has 0 radical (unpaired) electrons. The second kappa shape index (κ2) is 10.6. The second-order valence-corrected chi connectivity index (χ2v) is 10.2. The average Bonchev–Trinajstić information content (AvgIpc) is 3.63. The van der Waals surface area contributed by atoms with Crippen LogP contribution in [0.1, 0.15) is 41.1 Å². The number of amides is 1. The lowest BCUT2D eigenvalue weighted by molar-refractivity contribution is -0.116. The van der Waals surface area contributed by atoms with Crippen LogP contribution in [0.3, 0.4) is 0 Å². The molecule has 6 rings (SSSR count). The topological polar surface area (TPSA) is 80.7 Å². The van der Waals surface area contributed by atoms with Crippen molar-refractivity contribution in [2.24, 2.45) is 0 Å². The zero-order chi connectivity index (χ0) is 27.8. The van der Waals surface area contributed by atoms with Gasteiger partial charge < -0.3 is 29.6 Å². The fraction of sp³-hybridized carbons (Fsp3) is 0.233. The van der Waals surface area contributed by atoms with Gasteiger partial charge in [0.2, 0.25) is 12.7 Å². The number of aromatic nitrogens is 2. The number of thiocarbonyl (C=S) groups is 1. The van der Waals surface area contributed by atoms with Crippen LogP contribution in [0, 0.1) is 19.7 Å². The van der Waals surface area contributed by atoms with Gasteiger partial charge in [-0.15, -0.1) is 0 Å². The van der Waals surface area contributed by atoms with Crippen LogP contribution in [-0.4, -0.2) is 38.8 Å². The van der Waals surface area contributed by atoms with Gasteiger partial charge in [0.25, 0.3) is 0 Å². The molecule has 2 aliphatic rings. The Morgan fingerprint density at radius 2 is 1.90 bits per heavy atom. The van der Waals surface area contributed by atoms with Gasteiger partial charge in [0.15, 0.2) is 16.6 Å². The van der Waals surface area contributed by atoms with Crippen molar-refractivity contribution in [1.82, 2.24) is 19.8 Å². The molecule has 2 aliphatic heterocycles. The third-order valence-electron chi connectivity index (χ3n) is 7.33. The number of para-hydroxylation sites is 1. The highest BCUT2D eigenvalue weighted by Crippen LogP contribution is 2.42. The van der Waals surface area contributed by atoms with E-state index in [1.54, 1.807) is 24.4 Å². The number of rotatable bonds is 7. The quantitative estimate of drug-likeness (QED) is 0.296. The van der Waals surface area contributed by atoms with E-state index in [1.165, 1.54) is 6.07 Å². The molecule has 0 aliphatic carbocycles. The van der Waals surface area contributed by atoms with E-state index >= 15 is 0 Å². The predicted octanol–water partition coefficient (Wildman–Crippen LogP) is 5.36. The highest BCUT2D eigenvalue weighted by atomic mass is 32.1. The van der Waals surface area contributed by atoms with Crippen molar-refractivity contribution in [2.45, 2.75) is 32.4 Å². The number of ether oxygens (including phenoxy) is 2. The molecule has 4 aromatic rings. The summed E-state index contributed by atoms with van der Waals surface area (Å²) < 4.78 is 27.4. The Bertz CT molecular complexity index is 1590. The molecule has 2 aromatic carbocycles. The van der Waals surface area contributed by atoms with Crippen molar-refractivity contribution in [3.05, 3.63) is 101 Å². The van der Waals surface area contributed by atoms with Crippen molar-refractivity contribution in [3.63, 3.8) is 0 Å². The number of pyridine rings is 1. The Labute approximate surface area is 236 Å². The summed E-state index contributed by atoms with van der Waals surface area (Å²) in [7, 11) is 0. The van der Waals surface area contributed by atoms with Crippen LogP contribution in [0.25, 0.3) is 5.69 Å². The smallest absolute Gasteiger partial charge is 0.231 e. The minimum atomic E-state index is -0.474. The summed E-state index contributed by atoms with van der Waals surface area (Å²) in [5, 5.41) is 6.64. The van der Waals surface area contributed by atoms with E-state index < -0.39 is 5.82 Å². The Morgan fingerprint density at radius 3 is 2.70 bits per heavy atom. The Kier molecular flexibility index (Phi) is 6.85. The van der Waals surface area contributed by atoms with Crippen molar-refractivity contribution >= 4 is 28.9 Å². The van der Waals surface area contributed by atoms with E-state index in [1.807, 2.05) is 41.3 Å². The number of aryl methyl sites for hydroxylation is 1. The van der Waals surface area contributed by atoms with Gasteiger partial charge in [-0.25, -0.2) is 4.39 Å². The highest BCUT2D eigenvalue weighted by molar-refractivity contribution is 7.80. The maximum Gasteiger partial charge on any atom is 0.231 e. The van der Waals surface area contributed by atoms with E-state index in [-0.39, 0.29) is 36.9 Å². The molecule has 1 amide bonds. The van der Waals surface area contributed by atoms with Crippen LogP contribution >= 0.6 is 12.2 Å². The number of hydrogen-bond acceptors (Lipinski definition) is 5. The maximum atomic E-state index is 14.1. The van der Waals surface area contributed by atoms with E-state index in [0.29, 0.717) is 17.4 Å². The van der Waals surface area contributed by atoms with Gasteiger partial charge >= 0.3 is 0 Å². The third-order valence-corrected chi connectivity index (χ3v) is 7.68. The number of halogens is 1. The first-order valence-electron chi connectivity index (χ1n) is 13.0. The molecule has 204 valence electrons. The van der Waals surface area contributed by atoms with Crippen LogP contribution in [-0.2, 0) is 4.79 Å². The molecule has 2 N–H and O–H groups in total. The van der Waals surface area contributed by atoms with Crippen molar-refractivity contribution in [1.29, 1.82) is 0 Å². The number of carbonyl (C=O) groups is 1. The molecule has 4 heterocycles. The largest absolute Gasteiger partial charge is 0.454 e. The summed E-state index contributed by atoms with van der Waals surface area (Å²) in [5.74, 6) is 0.674. The average molecular weight is 558 g/mol. The number of benzene rings is 2. The Hall–Kier alpha value is -4.44. The Morgan fingerprint density at radius 1 is 1.10 bits per heavy atom. The number of nitrogens with zero attached hydrogens (tertiary/aromatic N) is 3. The van der Waals surface area contributed by atoms with Crippen LogP contribution < -0.4 is 20.1 Å². The van der Waals surface area contributed by atoms with Crippen molar-refractivity contribution < 1.29 is 18.7 Å². The summed E-state index contributed by atoms with van der Waals surface area (Å²) in [6, 6.07) is 19.5. The van der Waals surface area contributed by atoms with E-state index in [4.69, 9.17) is 21.7 Å². The highest BCUT2D eigenvalue weighted by Gasteiger charge is 2.41. The first-order valence-corrected chi connectivity index (χ1v) is 13.4. The molecule has 8 nitrogen and oxygen atoms in total. The number of nitrogens with one attached hydrogen (secondary N) is 2. The molecule has 0 spiro atoms. The molecule has 2 atom stereocenters. The molecule has 40 heavy (non-hydrogen) atoms. The maximum absolute atomic E-state index is 14.1. The van der Waals surface area contributed by atoms with Gasteiger partial charge in [-0.05, 0) is 74.1 Å². The van der Waals surface area contributed by atoms with Crippen LogP contribution in [0.5, 0.6) is 11.5 Å². The van der Waals surface area contributed by atoms with Gasteiger partial charge in [0.1, 0.15) is 5.82 Å². The predicted molar refractivity (Wildman–Crippen MR) is 153 cm³/mol.